The lowest BCUT2D eigenvalue weighted by Gasteiger charge is -2.21. The van der Waals surface area contributed by atoms with Crippen LogP contribution in [0.4, 0.5) is 11.6 Å². The van der Waals surface area contributed by atoms with Crippen LogP contribution in [0.1, 0.15) is 32.9 Å². The van der Waals surface area contributed by atoms with Crippen LogP contribution in [0.25, 0.3) is 27.9 Å². The smallest absolute Gasteiger partial charge is 0.249 e. The number of fused-ring (bicyclic) bond motifs is 1. The molecule has 0 atom stereocenters. The predicted octanol–water partition coefficient (Wildman–Crippen LogP) is 5.18. The first-order valence-corrected chi connectivity index (χ1v) is 12.8. The number of hydrogen-bond acceptors (Lipinski definition) is 6. The molecule has 0 aliphatic carbocycles. The van der Waals surface area contributed by atoms with E-state index in [1.807, 2.05) is 73.9 Å². The van der Waals surface area contributed by atoms with Gasteiger partial charge in [0.2, 0.25) is 5.91 Å². The number of benzene rings is 2. The molecule has 8 heteroatoms. The fourth-order valence-electron chi connectivity index (χ4n) is 4.95. The summed E-state index contributed by atoms with van der Waals surface area (Å²) < 4.78 is 1.93. The van der Waals surface area contributed by atoms with Crippen LogP contribution in [0, 0.1) is 20.8 Å². The van der Waals surface area contributed by atoms with Gasteiger partial charge in [-0.05, 0) is 55.2 Å². The highest BCUT2D eigenvalue weighted by Crippen LogP contribution is 2.33. The van der Waals surface area contributed by atoms with Gasteiger partial charge in [-0.25, -0.2) is 9.97 Å². The molecule has 0 fully saturated rings. The maximum absolute atomic E-state index is 11.9. The Kier molecular flexibility index (Phi) is 6.78. The van der Waals surface area contributed by atoms with Gasteiger partial charge >= 0.3 is 0 Å². The predicted molar refractivity (Wildman–Crippen MR) is 157 cm³/mol. The molecule has 0 bridgehead atoms. The lowest BCUT2D eigenvalue weighted by molar-refractivity contribution is 0.100. The van der Waals surface area contributed by atoms with E-state index in [1.54, 1.807) is 6.07 Å². The summed E-state index contributed by atoms with van der Waals surface area (Å²) in [6.45, 7) is 6.80. The SMILES string of the molecule is Cc1cc(N(C)Cc2ccc(-c3ccccc3C(N)=O)cc2)n2nc(C)c(-c3cnc(N(C)C)cc3C)c2n1. The molecular formula is C31H33N7O. The van der Waals surface area contributed by atoms with Gasteiger partial charge in [0, 0.05) is 56.8 Å². The van der Waals surface area contributed by atoms with E-state index in [0.29, 0.717) is 12.1 Å². The molecule has 5 rings (SSSR count). The van der Waals surface area contributed by atoms with E-state index in [4.69, 9.17) is 15.8 Å². The minimum absolute atomic E-state index is 0.431. The number of rotatable bonds is 7. The third-order valence-corrected chi connectivity index (χ3v) is 6.97. The molecule has 2 N–H and O–H groups in total. The third kappa shape index (κ3) is 4.93. The van der Waals surface area contributed by atoms with Crippen LogP contribution in [0.2, 0.25) is 0 Å². The summed E-state index contributed by atoms with van der Waals surface area (Å²) in [6, 6.07) is 19.8. The molecule has 1 amide bonds. The quantitative estimate of drug-likeness (QED) is 0.318. The van der Waals surface area contributed by atoms with Gasteiger partial charge in [-0.15, -0.1) is 0 Å². The van der Waals surface area contributed by atoms with E-state index >= 15 is 0 Å². The van der Waals surface area contributed by atoms with E-state index in [0.717, 1.165) is 62.1 Å². The molecule has 0 aliphatic rings. The van der Waals surface area contributed by atoms with E-state index < -0.39 is 5.91 Å². The molecule has 0 radical (unpaired) electrons. The van der Waals surface area contributed by atoms with Crippen molar-refractivity contribution in [2.45, 2.75) is 27.3 Å². The zero-order valence-corrected chi connectivity index (χ0v) is 23.2. The number of pyridine rings is 1. The van der Waals surface area contributed by atoms with Crippen LogP contribution in [0.5, 0.6) is 0 Å². The van der Waals surface area contributed by atoms with Crippen molar-refractivity contribution in [2.24, 2.45) is 5.73 Å². The van der Waals surface area contributed by atoms with E-state index in [9.17, 15) is 4.79 Å². The molecule has 3 aromatic heterocycles. The van der Waals surface area contributed by atoms with Crippen molar-refractivity contribution >= 4 is 23.2 Å². The van der Waals surface area contributed by atoms with Crippen LogP contribution >= 0.6 is 0 Å². The van der Waals surface area contributed by atoms with Crippen LogP contribution < -0.4 is 15.5 Å². The molecule has 5 aromatic rings. The number of carbonyl (C=O) groups excluding carboxylic acids is 1. The van der Waals surface area contributed by atoms with Crippen molar-refractivity contribution in [1.82, 2.24) is 19.6 Å². The molecule has 8 nitrogen and oxygen atoms in total. The number of hydrogen-bond donors (Lipinski definition) is 1. The Morgan fingerprint density at radius 1 is 0.949 bits per heavy atom. The summed E-state index contributed by atoms with van der Waals surface area (Å²) in [5.41, 5.74) is 14.8. The van der Waals surface area contributed by atoms with Crippen molar-refractivity contribution in [1.29, 1.82) is 0 Å². The Hall–Kier alpha value is -4.72. The first kappa shape index (κ1) is 25.9. The topological polar surface area (TPSA) is 92.6 Å². The van der Waals surface area contributed by atoms with Gasteiger partial charge in [0.15, 0.2) is 5.65 Å². The van der Waals surface area contributed by atoms with E-state index in [-0.39, 0.29) is 0 Å². The summed E-state index contributed by atoms with van der Waals surface area (Å²) >= 11 is 0. The molecule has 3 heterocycles. The Bertz CT molecular complexity index is 1690. The normalized spacial score (nSPS) is 11.1. The minimum atomic E-state index is -0.431. The number of aromatic nitrogens is 4. The molecule has 198 valence electrons. The zero-order valence-electron chi connectivity index (χ0n) is 23.2. The largest absolute Gasteiger partial charge is 0.366 e. The maximum Gasteiger partial charge on any atom is 0.249 e. The first-order chi connectivity index (χ1) is 18.6. The summed E-state index contributed by atoms with van der Waals surface area (Å²) in [5.74, 6) is 1.43. The number of carbonyl (C=O) groups is 1. The highest BCUT2D eigenvalue weighted by molar-refractivity contribution is 5.99. The summed E-state index contributed by atoms with van der Waals surface area (Å²) in [5, 5.41) is 4.90. The molecule has 39 heavy (non-hydrogen) atoms. The zero-order chi connectivity index (χ0) is 27.8. The molecule has 0 spiro atoms. The molecule has 0 saturated carbocycles. The van der Waals surface area contributed by atoms with Crippen molar-refractivity contribution in [2.75, 3.05) is 30.9 Å². The van der Waals surface area contributed by atoms with Crippen LogP contribution in [-0.2, 0) is 6.54 Å². The lowest BCUT2D eigenvalue weighted by atomic mass is 9.98. The van der Waals surface area contributed by atoms with Crippen LogP contribution in [0.15, 0.2) is 66.9 Å². The van der Waals surface area contributed by atoms with Gasteiger partial charge in [-0.1, -0.05) is 42.5 Å². The van der Waals surface area contributed by atoms with Gasteiger partial charge in [0.1, 0.15) is 11.6 Å². The lowest BCUT2D eigenvalue weighted by Crippen LogP contribution is -2.20. The molecular weight excluding hydrogens is 486 g/mol. The summed E-state index contributed by atoms with van der Waals surface area (Å²) in [4.78, 5) is 25.6. The molecule has 0 aliphatic heterocycles. The molecule has 2 aromatic carbocycles. The molecule has 0 unspecified atom stereocenters. The van der Waals surface area contributed by atoms with Gasteiger partial charge < -0.3 is 15.5 Å². The fourth-order valence-corrected chi connectivity index (χ4v) is 4.95. The third-order valence-electron chi connectivity index (χ3n) is 6.97. The van der Waals surface area contributed by atoms with Crippen molar-refractivity contribution in [3.05, 3.63) is 94.9 Å². The van der Waals surface area contributed by atoms with Crippen LogP contribution in [-0.4, -0.2) is 46.6 Å². The Morgan fingerprint density at radius 2 is 1.67 bits per heavy atom. The minimum Gasteiger partial charge on any atom is -0.366 e. The highest BCUT2D eigenvalue weighted by Gasteiger charge is 2.20. The first-order valence-electron chi connectivity index (χ1n) is 12.8. The number of aryl methyl sites for hydroxylation is 3. The van der Waals surface area contributed by atoms with Crippen molar-refractivity contribution in [3.8, 4) is 22.3 Å². The second-order valence-electron chi connectivity index (χ2n) is 10.2. The number of anilines is 2. The monoisotopic (exact) mass is 519 g/mol. The number of nitrogens with two attached hydrogens (primary N) is 1. The molecule has 0 saturated heterocycles. The second-order valence-corrected chi connectivity index (χ2v) is 10.2. The van der Waals surface area contributed by atoms with Gasteiger partial charge in [-0.3, -0.25) is 4.79 Å². The van der Waals surface area contributed by atoms with E-state index in [1.165, 1.54) is 0 Å². The maximum atomic E-state index is 11.9. The van der Waals surface area contributed by atoms with Gasteiger partial charge in [0.05, 0.1) is 11.3 Å². The average molecular weight is 520 g/mol. The number of nitrogens with zero attached hydrogens (tertiary/aromatic N) is 6. The number of amides is 1. The standard InChI is InChI=1S/C31H33N7O/c1-19-15-27(36(4)5)33-17-26(19)29-21(3)35-38-28(16-20(2)34-31(29)38)37(6)18-22-11-13-23(14-12-22)24-9-7-8-10-25(24)30(32)39/h7-17H,18H2,1-6H3,(H2,32,39). The van der Waals surface area contributed by atoms with Crippen LogP contribution in [0.3, 0.4) is 0 Å². The Balaban J connectivity index is 1.48. The Morgan fingerprint density at radius 3 is 2.33 bits per heavy atom. The summed E-state index contributed by atoms with van der Waals surface area (Å²) in [7, 11) is 6.03. The highest BCUT2D eigenvalue weighted by atomic mass is 16.1. The second kappa shape index (κ2) is 10.2. The number of primary amides is 1. The van der Waals surface area contributed by atoms with Gasteiger partial charge in [0.25, 0.3) is 0 Å². The summed E-state index contributed by atoms with van der Waals surface area (Å²) in [6.07, 6.45) is 1.92. The van der Waals surface area contributed by atoms with Crippen molar-refractivity contribution in [3.63, 3.8) is 0 Å². The fraction of sp³-hybridized carbons (Fsp3) is 0.226. The van der Waals surface area contributed by atoms with Crippen molar-refractivity contribution < 1.29 is 4.79 Å². The average Bonchev–Trinajstić information content (AvgIpc) is 3.23. The Labute approximate surface area is 228 Å². The van der Waals surface area contributed by atoms with Gasteiger partial charge in [-0.2, -0.15) is 9.61 Å². The van der Waals surface area contributed by atoms with E-state index in [2.05, 4.69) is 48.1 Å².